The van der Waals surface area contributed by atoms with E-state index in [0.29, 0.717) is 0 Å². The lowest BCUT2D eigenvalue weighted by Gasteiger charge is -2.27. The zero-order chi connectivity index (χ0) is 13.1. The molecule has 1 saturated carbocycles. The maximum atomic E-state index is 3.79. The summed E-state index contributed by atoms with van der Waals surface area (Å²) >= 11 is 0. The zero-order valence-corrected chi connectivity index (χ0v) is 12.2. The van der Waals surface area contributed by atoms with Crippen molar-refractivity contribution in [2.75, 3.05) is 6.54 Å². The third-order valence-corrected chi connectivity index (χ3v) is 5.18. The van der Waals surface area contributed by atoms with E-state index in [1.54, 1.807) is 11.1 Å². The Balaban J connectivity index is 1.64. The maximum Gasteiger partial charge on any atom is 0.0104 e. The summed E-state index contributed by atoms with van der Waals surface area (Å²) in [6.07, 6.45) is 9.87. The average molecular weight is 257 g/mol. The first-order valence-corrected chi connectivity index (χ1v) is 8.17. The second-order valence-corrected chi connectivity index (χ2v) is 6.49. The van der Waals surface area contributed by atoms with E-state index >= 15 is 0 Å². The third-order valence-electron chi connectivity index (χ3n) is 5.18. The van der Waals surface area contributed by atoms with Gasteiger partial charge in [0.2, 0.25) is 0 Å². The van der Waals surface area contributed by atoms with Crippen LogP contribution in [0.3, 0.4) is 0 Å². The summed E-state index contributed by atoms with van der Waals surface area (Å²) in [6.45, 7) is 3.37. The van der Waals surface area contributed by atoms with Gasteiger partial charge in [0.15, 0.2) is 0 Å². The molecular weight excluding hydrogens is 230 g/mol. The van der Waals surface area contributed by atoms with Crippen molar-refractivity contribution in [3.8, 4) is 0 Å². The average Bonchev–Trinajstić information content (AvgIpc) is 3.06. The molecule has 0 aromatic heterocycles. The molecule has 0 amide bonds. The number of rotatable bonds is 5. The lowest BCUT2D eigenvalue weighted by Crippen LogP contribution is -2.38. The standard InChI is InChI=1S/C18H27N/c1-2-19-18(11-14-7-3-4-8-14)17-12-15-9-5-6-10-16(15)13-17/h5-6,9-10,14,17-19H,2-4,7-8,11-13H2,1H3. The Bertz CT molecular complexity index is 381. The van der Waals surface area contributed by atoms with Gasteiger partial charge >= 0.3 is 0 Å². The van der Waals surface area contributed by atoms with Crippen molar-refractivity contribution in [3.05, 3.63) is 35.4 Å². The first-order chi connectivity index (χ1) is 9.36. The Morgan fingerprint density at radius 2 is 1.74 bits per heavy atom. The molecule has 0 radical (unpaired) electrons. The van der Waals surface area contributed by atoms with Gasteiger partial charge in [-0.1, -0.05) is 56.9 Å². The molecule has 1 aromatic rings. The van der Waals surface area contributed by atoms with Crippen LogP contribution in [0.2, 0.25) is 0 Å². The summed E-state index contributed by atoms with van der Waals surface area (Å²) < 4.78 is 0. The van der Waals surface area contributed by atoms with Gasteiger partial charge < -0.3 is 5.32 Å². The van der Waals surface area contributed by atoms with Crippen molar-refractivity contribution in [1.29, 1.82) is 0 Å². The monoisotopic (exact) mass is 257 g/mol. The van der Waals surface area contributed by atoms with E-state index in [9.17, 15) is 0 Å². The van der Waals surface area contributed by atoms with E-state index in [1.165, 1.54) is 44.9 Å². The molecule has 2 aliphatic carbocycles. The van der Waals surface area contributed by atoms with E-state index in [0.717, 1.165) is 24.4 Å². The summed E-state index contributed by atoms with van der Waals surface area (Å²) in [4.78, 5) is 0. The highest BCUT2D eigenvalue weighted by atomic mass is 14.9. The van der Waals surface area contributed by atoms with Crippen LogP contribution in [0.4, 0.5) is 0 Å². The van der Waals surface area contributed by atoms with Gasteiger partial charge in [-0.15, -0.1) is 0 Å². The van der Waals surface area contributed by atoms with Crippen molar-refractivity contribution in [2.24, 2.45) is 11.8 Å². The molecule has 0 aliphatic heterocycles. The summed E-state index contributed by atoms with van der Waals surface area (Å²) in [5, 5.41) is 3.79. The van der Waals surface area contributed by atoms with Crippen LogP contribution in [0, 0.1) is 11.8 Å². The van der Waals surface area contributed by atoms with Crippen LogP contribution in [0.15, 0.2) is 24.3 Å². The van der Waals surface area contributed by atoms with E-state index in [1.807, 2.05) is 0 Å². The van der Waals surface area contributed by atoms with Gasteiger partial charge in [-0.2, -0.15) is 0 Å². The molecule has 1 N–H and O–H groups in total. The number of benzene rings is 1. The second-order valence-electron chi connectivity index (χ2n) is 6.49. The fourth-order valence-corrected chi connectivity index (χ4v) is 4.19. The van der Waals surface area contributed by atoms with Gasteiger partial charge in [-0.3, -0.25) is 0 Å². The number of hydrogen-bond acceptors (Lipinski definition) is 1. The van der Waals surface area contributed by atoms with Crippen molar-refractivity contribution >= 4 is 0 Å². The minimum Gasteiger partial charge on any atom is -0.314 e. The van der Waals surface area contributed by atoms with Gasteiger partial charge in [-0.25, -0.2) is 0 Å². The summed E-state index contributed by atoms with van der Waals surface area (Å²) in [6, 6.07) is 9.78. The van der Waals surface area contributed by atoms with Gasteiger partial charge in [0.1, 0.15) is 0 Å². The SMILES string of the molecule is CCNC(CC1CCCC1)C1Cc2ccccc2C1. The first-order valence-electron chi connectivity index (χ1n) is 8.17. The van der Waals surface area contributed by atoms with Crippen LogP contribution in [-0.4, -0.2) is 12.6 Å². The predicted molar refractivity (Wildman–Crippen MR) is 81.4 cm³/mol. The van der Waals surface area contributed by atoms with E-state index in [2.05, 4.69) is 36.5 Å². The lowest BCUT2D eigenvalue weighted by atomic mass is 9.87. The zero-order valence-electron chi connectivity index (χ0n) is 12.2. The molecule has 0 spiro atoms. The predicted octanol–water partition coefficient (Wildman–Crippen LogP) is 3.96. The molecular formula is C18H27N. The molecule has 3 rings (SSSR count). The molecule has 0 bridgehead atoms. The number of hydrogen-bond donors (Lipinski definition) is 1. The summed E-state index contributed by atoms with van der Waals surface area (Å²) in [5.74, 6) is 1.82. The minimum absolute atomic E-state index is 0.737. The molecule has 1 aromatic carbocycles. The quantitative estimate of drug-likeness (QED) is 0.842. The number of fused-ring (bicyclic) bond motifs is 1. The Morgan fingerprint density at radius 3 is 2.32 bits per heavy atom. The van der Waals surface area contributed by atoms with Crippen molar-refractivity contribution in [2.45, 2.75) is 57.9 Å². The molecule has 104 valence electrons. The van der Waals surface area contributed by atoms with Crippen LogP contribution in [-0.2, 0) is 12.8 Å². The van der Waals surface area contributed by atoms with Gasteiger partial charge in [0.05, 0.1) is 0 Å². The fourth-order valence-electron chi connectivity index (χ4n) is 4.19. The van der Waals surface area contributed by atoms with Crippen LogP contribution < -0.4 is 5.32 Å². The topological polar surface area (TPSA) is 12.0 Å². The molecule has 1 unspecified atom stereocenters. The summed E-state index contributed by atoms with van der Waals surface area (Å²) in [5.41, 5.74) is 3.20. The van der Waals surface area contributed by atoms with Crippen molar-refractivity contribution < 1.29 is 0 Å². The number of nitrogens with one attached hydrogen (secondary N) is 1. The highest BCUT2D eigenvalue weighted by molar-refractivity contribution is 5.32. The van der Waals surface area contributed by atoms with Crippen LogP contribution in [0.1, 0.15) is 50.2 Å². The molecule has 1 fully saturated rings. The Kier molecular flexibility index (Phi) is 4.22. The Labute approximate surface area is 117 Å². The molecule has 1 heteroatoms. The molecule has 0 heterocycles. The minimum atomic E-state index is 0.737. The van der Waals surface area contributed by atoms with Crippen molar-refractivity contribution in [3.63, 3.8) is 0 Å². The van der Waals surface area contributed by atoms with E-state index in [4.69, 9.17) is 0 Å². The molecule has 1 nitrogen and oxygen atoms in total. The normalized spacial score (nSPS) is 21.7. The highest BCUT2D eigenvalue weighted by Gasteiger charge is 2.30. The smallest absolute Gasteiger partial charge is 0.0104 e. The second kappa shape index (κ2) is 6.09. The van der Waals surface area contributed by atoms with Gasteiger partial charge in [0.25, 0.3) is 0 Å². The first kappa shape index (κ1) is 13.2. The van der Waals surface area contributed by atoms with E-state index in [-0.39, 0.29) is 0 Å². The van der Waals surface area contributed by atoms with Crippen molar-refractivity contribution in [1.82, 2.24) is 5.32 Å². The Morgan fingerprint density at radius 1 is 1.11 bits per heavy atom. The lowest BCUT2D eigenvalue weighted by molar-refractivity contribution is 0.302. The van der Waals surface area contributed by atoms with E-state index < -0.39 is 0 Å². The fraction of sp³-hybridized carbons (Fsp3) is 0.667. The summed E-state index contributed by atoms with van der Waals surface area (Å²) in [7, 11) is 0. The van der Waals surface area contributed by atoms with Crippen LogP contribution in [0.25, 0.3) is 0 Å². The molecule has 0 saturated heterocycles. The molecule has 2 aliphatic rings. The maximum absolute atomic E-state index is 3.79. The largest absolute Gasteiger partial charge is 0.314 e. The Hall–Kier alpha value is -0.820. The van der Waals surface area contributed by atoms with Gasteiger partial charge in [0, 0.05) is 6.04 Å². The van der Waals surface area contributed by atoms with Gasteiger partial charge in [-0.05, 0) is 48.8 Å². The molecule has 1 atom stereocenters. The third kappa shape index (κ3) is 3.02. The van der Waals surface area contributed by atoms with Crippen LogP contribution >= 0.6 is 0 Å². The highest BCUT2D eigenvalue weighted by Crippen LogP contribution is 2.34. The van der Waals surface area contributed by atoms with Crippen LogP contribution in [0.5, 0.6) is 0 Å². The molecule has 19 heavy (non-hydrogen) atoms.